The average Bonchev–Trinajstić information content (AvgIpc) is 0.829. The Morgan fingerprint density at radius 1 is 0.411 bits per heavy atom. The number of phenolic OH excluding ortho intramolecular Hbond substituents is 2. The molecule has 0 heterocycles. The summed E-state index contributed by atoms with van der Waals surface area (Å²) >= 11 is 8.67. The Balaban J connectivity index is 2.43. The van der Waals surface area contributed by atoms with Crippen molar-refractivity contribution in [3.63, 3.8) is 0 Å². The van der Waals surface area contributed by atoms with Crippen molar-refractivity contribution in [1.82, 2.24) is 63.8 Å². The number of rotatable bonds is 51. The van der Waals surface area contributed by atoms with Crippen LogP contribution < -0.4 is 121 Å². The molecule has 2 rings (SSSR count). The molecule has 0 bridgehead atoms. The van der Waals surface area contributed by atoms with Gasteiger partial charge in [-0.25, -0.2) is 4.79 Å². The van der Waals surface area contributed by atoms with Crippen molar-refractivity contribution in [3.8, 4) is 11.5 Å². The summed E-state index contributed by atoms with van der Waals surface area (Å²) in [7, 11) is 0. The molecule has 0 aliphatic rings. The molecule has 0 radical (unpaired) electrons. The van der Waals surface area contributed by atoms with E-state index in [0.717, 1.165) is 6.92 Å². The minimum atomic E-state index is -1.99. The zero-order valence-electron chi connectivity index (χ0n) is 62.2. The molecule has 0 aromatic heterocycles. The molecule has 44 nitrogen and oxygen atoms in total. The van der Waals surface area contributed by atoms with Gasteiger partial charge in [0, 0.05) is 36.4 Å². The highest BCUT2D eigenvalue weighted by atomic mass is 32.1. The van der Waals surface area contributed by atoms with Crippen molar-refractivity contribution in [2.24, 2.45) is 67.3 Å². The molecule has 2 aromatic rings. The van der Waals surface area contributed by atoms with Gasteiger partial charge in [0.05, 0.1) is 25.0 Å². The zero-order chi connectivity index (χ0) is 84.9. The molecule has 2 aromatic carbocycles. The number of aliphatic imine (C=N–C) groups is 2. The number of thiol groups is 2. The van der Waals surface area contributed by atoms with Crippen LogP contribution in [0.25, 0.3) is 0 Å². The van der Waals surface area contributed by atoms with E-state index in [9.17, 15) is 97.5 Å². The second kappa shape index (κ2) is 48.7. The van der Waals surface area contributed by atoms with Gasteiger partial charge < -0.3 is 147 Å². The Morgan fingerprint density at radius 3 is 1.05 bits per heavy atom. The van der Waals surface area contributed by atoms with Crippen LogP contribution in [0.2, 0.25) is 0 Å². The van der Waals surface area contributed by atoms with Gasteiger partial charge in [-0.1, -0.05) is 24.3 Å². The highest BCUT2D eigenvalue weighted by Gasteiger charge is 2.41. The quantitative estimate of drug-likeness (QED) is 0.0127. The minimum absolute atomic E-state index is 0.0332. The zero-order valence-corrected chi connectivity index (χ0v) is 64.0. The number of carboxylic acid groups (broad SMARTS) is 1. The summed E-state index contributed by atoms with van der Waals surface area (Å²) in [5.74, 6) is -18.7. The van der Waals surface area contributed by atoms with Crippen molar-refractivity contribution in [1.29, 1.82) is 0 Å². The van der Waals surface area contributed by atoms with Crippen LogP contribution in [0, 0.1) is 0 Å². The second-order valence-electron chi connectivity index (χ2n) is 26.4. The van der Waals surface area contributed by atoms with E-state index in [1.54, 1.807) is 0 Å². The van der Waals surface area contributed by atoms with E-state index in [4.69, 9.17) is 57.3 Å². The first-order valence-corrected chi connectivity index (χ1v) is 36.2. The van der Waals surface area contributed by atoms with Gasteiger partial charge in [0.25, 0.3) is 0 Å². The van der Waals surface area contributed by atoms with E-state index in [1.807, 2.05) is 0 Å². The molecular weight excluding hydrogens is 1510 g/mol. The van der Waals surface area contributed by atoms with Gasteiger partial charge in [-0.15, -0.1) is 0 Å². The molecule has 46 heteroatoms. The first-order chi connectivity index (χ1) is 52.5. The number of guanidine groups is 2. The SMILES string of the molecule is C[C@@H](O)[C@H](N)C(=O)N[C@@H](Cc1ccc(O)cc1)C(=O)N[C@H](C(=O)N[C@@H](CC(N)=O)C(=O)N[C@@H](CCCN=C(N)N)C(=O)N[C@@H](CCN)C(=O)N[C@H](C(=O)N[C@H](CCN)C(=O)N[C@@H](CC(N)=O)C(=O)N[C@@H](CS)C(=O)N[C@@H](CCN)C(=O)N[C@@H](CCCN=C(N)N)C(=O)N[C@@H](Cc1ccc(O)cc1)C(=O)O)[C@@H](C)O)C(C)(C)S. The lowest BCUT2D eigenvalue weighted by molar-refractivity contribution is -0.142. The maximum Gasteiger partial charge on any atom is 0.326 e. The first kappa shape index (κ1) is 97.2. The summed E-state index contributed by atoms with van der Waals surface area (Å²) in [5.41, 5.74) is 57.1. The van der Waals surface area contributed by atoms with Crippen molar-refractivity contribution >= 4 is 126 Å². The maximum atomic E-state index is 14.4. The smallest absolute Gasteiger partial charge is 0.326 e. The normalized spacial score (nSPS) is 15.2. The number of nitrogens with one attached hydrogen (secondary N) is 12. The number of aliphatic carboxylic acids is 1. The number of primary amides is 2. The van der Waals surface area contributed by atoms with Crippen LogP contribution in [0.4, 0.5) is 0 Å². The Morgan fingerprint density at radius 2 is 0.714 bits per heavy atom. The number of nitrogens with two attached hydrogens (primary N) is 10. The van der Waals surface area contributed by atoms with Gasteiger partial charge in [0.1, 0.15) is 90.0 Å². The van der Waals surface area contributed by atoms with Gasteiger partial charge in [0.2, 0.25) is 82.7 Å². The molecule has 37 N–H and O–H groups in total. The van der Waals surface area contributed by atoms with Crippen molar-refractivity contribution in [3.05, 3.63) is 59.7 Å². The summed E-state index contributed by atoms with van der Waals surface area (Å²) in [6, 6.07) is -11.0. The van der Waals surface area contributed by atoms with Gasteiger partial charge >= 0.3 is 5.97 Å². The maximum absolute atomic E-state index is 14.4. The van der Waals surface area contributed by atoms with Crippen molar-refractivity contribution in [2.75, 3.05) is 38.5 Å². The Labute approximate surface area is 655 Å². The predicted octanol–water partition coefficient (Wildman–Crippen LogP) is -11.6. The Hall–Kier alpha value is -10.9. The minimum Gasteiger partial charge on any atom is -0.508 e. The number of benzene rings is 2. The van der Waals surface area contributed by atoms with Crippen LogP contribution in [0.1, 0.15) is 96.6 Å². The lowest BCUT2D eigenvalue weighted by atomic mass is 9.99. The highest BCUT2D eigenvalue weighted by Crippen LogP contribution is 2.20. The summed E-state index contributed by atoms with van der Waals surface area (Å²) in [6.45, 7) is 3.90. The highest BCUT2D eigenvalue weighted by molar-refractivity contribution is 7.81. The summed E-state index contributed by atoms with van der Waals surface area (Å²) in [4.78, 5) is 213. The number of carbonyl (C=O) groups excluding carboxylic acids is 14. The molecule has 14 amide bonds. The number of aromatic hydroxyl groups is 2. The van der Waals surface area contributed by atoms with E-state index in [1.165, 1.54) is 69.3 Å². The summed E-state index contributed by atoms with van der Waals surface area (Å²) in [6.07, 6.45) is -7.23. The monoisotopic (exact) mass is 1620 g/mol. The van der Waals surface area contributed by atoms with Crippen LogP contribution in [0.15, 0.2) is 58.5 Å². The third-order valence-corrected chi connectivity index (χ3v) is 17.1. The third-order valence-electron chi connectivity index (χ3n) is 16.5. The third kappa shape index (κ3) is 35.4. The molecule has 0 aliphatic carbocycles. The van der Waals surface area contributed by atoms with Gasteiger partial charge in [0.15, 0.2) is 11.9 Å². The number of hydrogen-bond acceptors (Lipinski definition) is 27. The average molecular weight is 1620 g/mol. The van der Waals surface area contributed by atoms with E-state index >= 15 is 0 Å². The fraction of sp³-hybridized carbons (Fsp3) is 0.561. The van der Waals surface area contributed by atoms with Crippen molar-refractivity contribution < 1.29 is 97.5 Å². The number of phenols is 2. The van der Waals surface area contributed by atoms with Gasteiger partial charge in [-0.05, 0) is 128 Å². The van der Waals surface area contributed by atoms with Crippen LogP contribution >= 0.6 is 25.3 Å². The lowest BCUT2D eigenvalue weighted by Crippen LogP contribution is -2.64. The summed E-state index contributed by atoms with van der Waals surface area (Å²) in [5, 5.41) is 78.9. The van der Waals surface area contributed by atoms with E-state index in [-0.39, 0.29) is 101 Å². The molecule has 0 aliphatic heterocycles. The fourth-order valence-corrected chi connectivity index (χ4v) is 10.8. The standard InChI is InChI=1S/C66H108N24O20S2/c1-30(91)48(72)60(106)85-41(25-32-9-13-34(93)14-10-32)58(104)90-50(66(3,4)112)62(108)86-43(28-47(71)96)56(102)80-36(7-5-23-77-64(73)74)51(97)81-40(19-22-69)55(101)89-49(31(2)92)61(107)83-39(18-21-68)54(100)84-42(27-46(70)95)57(103)88-45(29-111)59(105)82-38(17-20-67)53(99)79-37(8-6-24-78-65(75)76)52(98)87-44(63(109)110)26-33-11-15-35(94)16-12-33/h9-16,30-31,36-45,48-50,91-94,111-112H,5-8,17-29,67-69,72H2,1-4H3,(H2,70,95)(H2,71,96)(H,79,99)(H,80,102)(H,81,97)(H,82,105)(H,83,107)(H,84,100)(H,85,106)(H,86,108)(H,87,98)(H,88,103)(H,89,101)(H,90,104)(H,109,110)(H4,73,74,77)(H4,75,76,78)/t30-,31-,36+,37+,38+,39-,40+,41+,42+,43+,44+,45+,48+,49+,50-/m1/s1. The number of hydrogen-bond donors (Lipinski definition) is 29. The van der Waals surface area contributed by atoms with Crippen LogP contribution in [-0.4, -0.2) is 260 Å². The molecule has 0 fully saturated rings. The molecule has 0 saturated carbocycles. The molecule has 112 heavy (non-hydrogen) atoms. The molecule has 0 saturated heterocycles. The molecule has 0 unspecified atom stereocenters. The summed E-state index contributed by atoms with van der Waals surface area (Å²) < 4.78 is -1.52. The predicted molar refractivity (Wildman–Crippen MR) is 411 cm³/mol. The van der Waals surface area contributed by atoms with Crippen molar-refractivity contribution in [2.45, 2.75) is 194 Å². The number of nitrogens with zero attached hydrogens (tertiary/aromatic N) is 2. The number of carbonyl (C=O) groups is 15. The number of aliphatic hydroxyl groups is 2. The molecule has 0 spiro atoms. The number of amides is 14. The second-order valence-corrected chi connectivity index (χ2v) is 28.0. The fourth-order valence-electron chi connectivity index (χ4n) is 10.4. The van der Waals surface area contributed by atoms with E-state index in [0.29, 0.717) is 11.1 Å². The number of aliphatic hydroxyl groups excluding tert-OH is 2. The molecule has 624 valence electrons. The van der Waals surface area contributed by atoms with Crippen LogP contribution in [0.3, 0.4) is 0 Å². The van der Waals surface area contributed by atoms with Gasteiger partial charge in [-0.3, -0.25) is 77.1 Å². The lowest BCUT2D eigenvalue weighted by Gasteiger charge is -2.33. The Kier molecular flexibility index (Phi) is 42.2. The van der Waals surface area contributed by atoms with Gasteiger partial charge in [-0.2, -0.15) is 25.3 Å². The number of carboxylic acids is 1. The topological polar surface area (TPSA) is 786 Å². The largest absolute Gasteiger partial charge is 0.508 e. The Bertz CT molecular complexity index is 3600. The van der Waals surface area contributed by atoms with E-state index < -0.39 is 216 Å². The van der Waals surface area contributed by atoms with Crippen LogP contribution in [0.5, 0.6) is 11.5 Å². The molecular formula is C66H108N24O20S2. The first-order valence-electron chi connectivity index (χ1n) is 35.1. The molecule has 15 atom stereocenters. The van der Waals surface area contributed by atoms with Crippen LogP contribution in [-0.2, 0) is 84.8 Å². The van der Waals surface area contributed by atoms with E-state index in [2.05, 4.69) is 99.0 Å².